The summed E-state index contributed by atoms with van der Waals surface area (Å²) in [6.45, 7) is 8.22. The van der Waals surface area contributed by atoms with Crippen LogP contribution in [0.25, 0.3) is 6.08 Å². The number of amides is 1. The summed E-state index contributed by atoms with van der Waals surface area (Å²) in [5.74, 6) is 1.96. The van der Waals surface area contributed by atoms with Crippen molar-refractivity contribution >= 4 is 17.8 Å². The summed E-state index contributed by atoms with van der Waals surface area (Å²) in [6.07, 6.45) is 5.38. The van der Waals surface area contributed by atoms with Crippen LogP contribution in [0.2, 0.25) is 0 Å². The molecule has 4 rings (SSSR count). The smallest absolute Gasteiger partial charge is 0.246 e. The molecule has 2 aliphatic rings. The molecule has 1 aromatic carbocycles. The van der Waals surface area contributed by atoms with Gasteiger partial charge in [0, 0.05) is 57.6 Å². The minimum Gasteiger partial charge on any atom is -0.494 e. The van der Waals surface area contributed by atoms with Crippen LogP contribution in [0.4, 0.5) is 5.82 Å². The predicted molar refractivity (Wildman–Crippen MR) is 115 cm³/mol. The van der Waals surface area contributed by atoms with E-state index in [0.717, 1.165) is 56.4 Å². The number of likely N-dealkylation sites (tertiary alicyclic amines) is 1. The van der Waals surface area contributed by atoms with Gasteiger partial charge >= 0.3 is 0 Å². The average molecular weight is 393 g/mol. The van der Waals surface area contributed by atoms with Crippen LogP contribution >= 0.6 is 0 Å². The van der Waals surface area contributed by atoms with Gasteiger partial charge in [-0.1, -0.05) is 18.2 Å². The number of pyridine rings is 1. The van der Waals surface area contributed by atoms with Crippen LogP contribution in [-0.4, -0.2) is 72.6 Å². The van der Waals surface area contributed by atoms with Gasteiger partial charge < -0.3 is 14.5 Å². The molecule has 0 bridgehead atoms. The van der Waals surface area contributed by atoms with Crippen LogP contribution < -0.4 is 9.64 Å². The average Bonchev–Trinajstić information content (AvgIpc) is 2.73. The van der Waals surface area contributed by atoms with E-state index in [1.54, 1.807) is 6.08 Å². The number of ether oxygens (including phenoxy) is 1. The second kappa shape index (κ2) is 9.09. The van der Waals surface area contributed by atoms with Crippen molar-refractivity contribution in [1.29, 1.82) is 0 Å². The molecule has 3 heterocycles. The Morgan fingerprint density at radius 2 is 1.97 bits per heavy atom. The van der Waals surface area contributed by atoms with Gasteiger partial charge in [0.05, 0.1) is 6.61 Å². The van der Waals surface area contributed by atoms with Gasteiger partial charge in [0.25, 0.3) is 0 Å². The molecule has 0 unspecified atom stereocenters. The van der Waals surface area contributed by atoms with Gasteiger partial charge in [0.1, 0.15) is 11.6 Å². The van der Waals surface area contributed by atoms with Gasteiger partial charge in [-0.15, -0.1) is 0 Å². The van der Waals surface area contributed by atoms with E-state index in [-0.39, 0.29) is 5.91 Å². The number of aromatic nitrogens is 1. The van der Waals surface area contributed by atoms with E-state index in [0.29, 0.717) is 12.6 Å². The third kappa shape index (κ3) is 4.77. The lowest BCUT2D eigenvalue weighted by Gasteiger charge is -2.48. The van der Waals surface area contributed by atoms with Crippen molar-refractivity contribution < 1.29 is 9.53 Å². The number of benzene rings is 1. The second-order valence-corrected chi connectivity index (χ2v) is 7.45. The standard InChI is InChI=1S/C23H28N4O2/c1-2-29-21-7-5-6-19(16-21)9-10-23(28)27-17-20(18-27)25-12-14-26(15-13-25)22-8-3-4-11-24-22/h3-11,16,20H,2,12-15,17-18H2,1H3. The molecule has 1 amide bonds. The van der Waals surface area contributed by atoms with E-state index in [2.05, 4.69) is 20.9 Å². The molecule has 2 fully saturated rings. The molecule has 29 heavy (non-hydrogen) atoms. The molecule has 0 aliphatic carbocycles. The number of anilines is 1. The lowest BCUT2D eigenvalue weighted by atomic mass is 10.1. The van der Waals surface area contributed by atoms with Gasteiger partial charge in [-0.2, -0.15) is 0 Å². The van der Waals surface area contributed by atoms with Crippen LogP contribution in [0, 0.1) is 0 Å². The van der Waals surface area contributed by atoms with E-state index in [1.165, 1.54) is 0 Å². The zero-order valence-corrected chi connectivity index (χ0v) is 16.9. The minimum absolute atomic E-state index is 0.0789. The monoisotopic (exact) mass is 392 g/mol. The zero-order valence-electron chi connectivity index (χ0n) is 16.9. The number of hydrogen-bond donors (Lipinski definition) is 0. The van der Waals surface area contributed by atoms with Gasteiger partial charge in [0.2, 0.25) is 5.91 Å². The molecule has 2 aliphatic heterocycles. The van der Waals surface area contributed by atoms with Crippen molar-refractivity contribution in [3.63, 3.8) is 0 Å². The van der Waals surface area contributed by atoms with Crippen molar-refractivity contribution in [2.75, 3.05) is 50.8 Å². The third-order valence-electron chi connectivity index (χ3n) is 5.57. The van der Waals surface area contributed by atoms with Crippen LogP contribution in [0.1, 0.15) is 12.5 Å². The van der Waals surface area contributed by atoms with Gasteiger partial charge in [0.15, 0.2) is 0 Å². The van der Waals surface area contributed by atoms with Gasteiger partial charge in [-0.25, -0.2) is 4.98 Å². The first kappa shape index (κ1) is 19.5. The Kier molecular flexibility index (Phi) is 6.10. The van der Waals surface area contributed by atoms with Crippen molar-refractivity contribution in [2.45, 2.75) is 13.0 Å². The van der Waals surface area contributed by atoms with E-state index < -0.39 is 0 Å². The molecule has 2 aromatic rings. The van der Waals surface area contributed by atoms with Crippen LogP contribution in [-0.2, 0) is 4.79 Å². The molecular weight excluding hydrogens is 364 g/mol. The number of carbonyl (C=O) groups excluding carboxylic acids is 1. The Hall–Kier alpha value is -2.86. The number of nitrogens with zero attached hydrogens (tertiary/aromatic N) is 4. The molecule has 6 heteroatoms. The first-order valence-electron chi connectivity index (χ1n) is 10.3. The molecule has 2 saturated heterocycles. The topological polar surface area (TPSA) is 48.9 Å². The quantitative estimate of drug-likeness (QED) is 0.707. The van der Waals surface area contributed by atoms with Crippen LogP contribution in [0.15, 0.2) is 54.7 Å². The molecule has 6 nitrogen and oxygen atoms in total. The van der Waals surface area contributed by atoms with Crippen molar-refractivity contribution in [3.8, 4) is 5.75 Å². The fourth-order valence-electron chi connectivity index (χ4n) is 3.87. The predicted octanol–water partition coefficient (Wildman–Crippen LogP) is 2.53. The molecule has 0 spiro atoms. The Bertz CT molecular complexity index is 841. The highest BCUT2D eigenvalue weighted by Crippen LogP contribution is 2.20. The Morgan fingerprint density at radius 1 is 1.14 bits per heavy atom. The molecule has 0 saturated carbocycles. The summed E-state index contributed by atoms with van der Waals surface area (Å²) < 4.78 is 5.51. The van der Waals surface area contributed by atoms with Gasteiger partial charge in [-0.05, 0) is 42.8 Å². The Labute approximate surface area is 172 Å². The first-order chi connectivity index (χ1) is 14.2. The first-order valence-corrected chi connectivity index (χ1v) is 10.3. The molecule has 152 valence electrons. The summed E-state index contributed by atoms with van der Waals surface area (Å²) in [4.78, 5) is 23.6. The number of hydrogen-bond acceptors (Lipinski definition) is 5. The summed E-state index contributed by atoms with van der Waals surface area (Å²) in [7, 11) is 0. The maximum atomic E-state index is 12.4. The van der Waals surface area contributed by atoms with Crippen LogP contribution in [0.5, 0.6) is 5.75 Å². The maximum Gasteiger partial charge on any atom is 0.246 e. The van der Waals surface area contributed by atoms with Crippen molar-refractivity contribution in [1.82, 2.24) is 14.8 Å². The van der Waals surface area contributed by atoms with Crippen LogP contribution in [0.3, 0.4) is 0 Å². The molecular formula is C23H28N4O2. The molecule has 0 atom stereocenters. The van der Waals surface area contributed by atoms with E-state index in [1.807, 2.05) is 60.5 Å². The molecule has 1 aromatic heterocycles. The highest BCUT2D eigenvalue weighted by molar-refractivity contribution is 5.92. The summed E-state index contributed by atoms with van der Waals surface area (Å²) in [6, 6.07) is 14.3. The Balaban J connectivity index is 1.23. The minimum atomic E-state index is 0.0789. The van der Waals surface area contributed by atoms with Crippen molar-refractivity contribution in [3.05, 3.63) is 60.3 Å². The Morgan fingerprint density at radius 3 is 2.69 bits per heavy atom. The highest BCUT2D eigenvalue weighted by Gasteiger charge is 2.35. The highest BCUT2D eigenvalue weighted by atomic mass is 16.5. The third-order valence-corrected chi connectivity index (χ3v) is 5.57. The zero-order chi connectivity index (χ0) is 20.1. The molecule has 0 N–H and O–H groups in total. The van der Waals surface area contributed by atoms with Crippen molar-refractivity contribution in [2.24, 2.45) is 0 Å². The number of carbonyl (C=O) groups is 1. The number of rotatable bonds is 6. The maximum absolute atomic E-state index is 12.4. The SMILES string of the molecule is CCOc1cccc(C=CC(=O)N2CC(N3CCN(c4ccccn4)CC3)C2)c1. The molecule has 0 radical (unpaired) electrons. The fraction of sp³-hybridized carbons (Fsp3) is 0.391. The lowest BCUT2D eigenvalue weighted by Crippen LogP contribution is -2.64. The lowest BCUT2D eigenvalue weighted by molar-refractivity contribution is -0.133. The largest absolute Gasteiger partial charge is 0.494 e. The second-order valence-electron chi connectivity index (χ2n) is 7.45. The van der Waals surface area contributed by atoms with E-state index in [4.69, 9.17) is 4.74 Å². The normalized spacial score (nSPS) is 18.1. The fourth-order valence-corrected chi connectivity index (χ4v) is 3.87. The summed E-state index contributed by atoms with van der Waals surface area (Å²) in [5.41, 5.74) is 0.979. The summed E-state index contributed by atoms with van der Waals surface area (Å²) in [5, 5.41) is 0. The van der Waals surface area contributed by atoms with Gasteiger partial charge in [-0.3, -0.25) is 9.69 Å². The van der Waals surface area contributed by atoms with E-state index in [9.17, 15) is 4.79 Å². The van der Waals surface area contributed by atoms with E-state index >= 15 is 0 Å². The number of piperazine rings is 1. The summed E-state index contributed by atoms with van der Waals surface area (Å²) >= 11 is 0.